The highest BCUT2D eigenvalue weighted by molar-refractivity contribution is 5.67. The molecule has 5 heteroatoms. The van der Waals surface area contributed by atoms with Crippen LogP contribution in [0, 0.1) is 0 Å². The van der Waals surface area contributed by atoms with Gasteiger partial charge in [0.05, 0.1) is 17.9 Å². The first kappa shape index (κ1) is 12.6. The van der Waals surface area contributed by atoms with Crippen LogP contribution >= 0.6 is 0 Å². The Morgan fingerprint density at radius 3 is 2.85 bits per heavy atom. The number of hydrogen-bond donors (Lipinski definition) is 1. The summed E-state index contributed by atoms with van der Waals surface area (Å²) in [6.45, 7) is 4.92. The number of fused-ring (bicyclic) bond motifs is 1. The van der Waals surface area contributed by atoms with E-state index in [0.29, 0.717) is 12.5 Å². The molecular formula is C15H17N5. The van der Waals surface area contributed by atoms with Gasteiger partial charge in [0.2, 0.25) is 0 Å². The smallest absolute Gasteiger partial charge is 0.152 e. The number of rotatable bonds is 4. The van der Waals surface area contributed by atoms with Gasteiger partial charge >= 0.3 is 0 Å². The molecule has 0 aliphatic heterocycles. The molecule has 3 aromatic heterocycles. The highest BCUT2D eigenvalue weighted by atomic mass is 15.2. The Morgan fingerprint density at radius 2 is 2.10 bits per heavy atom. The van der Waals surface area contributed by atoms with E-state index >= 15 is 0 Å². The minimum atomic E-state index is 0.401. The van der Waals surface area contributed by atoms with Gasteiger partial charge in [-0.3, -0.25) is 4.98 Å². The number of nitrogens with one attached hydrogen (secondary N) is 1. The Kier molecular flexibility index (Phi) is 3.33. The first-order valence-electron chi connectivity index (χ1n) is 6.72. The summed E-state index contributed by atoms with van der Waals surface area (Å²) in [6.07, 6.45) is 5.42. The van der Waals surface area contributed by atoms with Gasteiger partial charge < -0.3 is 5.32 Å². The third kappa shape index (κ3) is 2.47. The van der Waals surface area contributed by atoms with Crippen molar-refractivity contribution in [2.75, 3.05) is 5.32 Å². The predicted molar refractivity (Wildman–Crippen MR) is 78.6 cm³/mol. The number of aromatic nitrogens is 4. The van der Waals surface area contributed by atoms with Gasteiger partial charge in [0, 0.05) is 18.6 Å². The molecule has 0 saturated heterocycles. The lowest BCUT2D eigenvalue weighted by atomic mass is 10.1. The van der Waals surface area contributed by atoms with Crippen molar-refractivity contribution in [2.24, 2.45) is 0 Å². The van der Waals surface area contributed by atoms with Crippen LogP contribution in [0.2, 0.25) is 0 Å². The van der Waals surface area contributed by atoms with Crippen LogP contribution in [-0.4, -0.2) is 19.6 Å². The van der Waals surface area contributed by atoms with Gasteiger partial charge in [-0.2, -0.15) is 5.10 Å². The second-order valence-electron chi connectivity index (χ2n) is 5.00. The van der Waals surface area contributed by atoms with Gasteiger partial charge in [-0.05, 0) is 24.1 Å². The van der Waals surface area contributed by atoms with Crippen molar-refractivity contribution in [1.29, 1.82) is 0 Å². The maximum atomic E-state index is 4.55. The lowest BCUT2D eigenvalue weighted by Gasteiger charge is -2.05. The summed E-state index contributed by atoms with van der Waals surface area (Å²) in [6, 6.07) is 7.96. The van der Waals surface area contributed by atoms with E-state index in [9.17, 15) is 0 Å². The Morgan fingerprint density at radius 1 is 1.20 bits per heavy atom. The van der Waals surface area contributed by atoms with Crippen LogP contribution in [0.3, 0.4) is 0 Å². The van der Waals surface area contributed by atoms with Crippen molar-refractivity contribution >= 4 is 11.3 Å². The van der Waals surface area contributed by atoms with Crippen molar-refractivity contribution in [3.8, 4) is 0 Å². The molecule has 102 valence electrons. The molecule has 0 spiro atoms. The molecule has 0 radical (unpaired) electrons. The minimum Gasteiger partial charge on any atom is -0.363 e. The molecule has 0 unspecified atom stereocenters. The molecule has 0 amide bonds. The lowest BCUT2D eigenvalue weighted by molar-refractivity contribution is 0.787. The number of hydrogen-bond acceptors (Lipinski definition) is 4. The summed E-state index contributed by atoms with van der Waals surface area (Å²) in [4.78, 5) is 8.69. The molecule has 0 aromatic carbocycles. The zero-order valence-electron chi connectivity index (χ0n) is 11.6. The monoisotopic (exact) mass is 267 g/mol. The minimum absolute atomic E-state index is 0.401. The molecular weight excluding hydrogens is 250 g/mol. The van der Waals surface area contributed by atoms with Crippen LogP contribution < -0.4 is 5.32 Å². The topological polar surface area (TPSA) is 55.1 Å². The van der Waals surface area contributed by atoms with Crippen molar-refractivity contribution in [3.05, 3.63) is 54.2 Å². The molecule has 0 aliphatic carbocycles. The van der Waals surface area contributed by atoms with Crippen LogP contribution in [0.4, 0.5) is 5.82 Å². The molecule has 1 N–H and O–H groups in total. The normalized spacial score (nSPS) is 11.2. The second kappa shape index (κ2) is 5.28. The first-order chi connectivity index (χ1) is 9.74. The van der Waals surface area contributed by atoms with Gasteiger partial charge in [-0.1, -0.05) is 19.9 Å². The Hall–Kier alpha value is -2.43. The second-order valence-corrected chi connectivity index (χ2v) is 5.00. The number of pyridine rings is 1. The molecule has 3 rings (SSSR count). The largest absolute Gasteiger partial charge is 0.363 e. The van der Waals surface area contributed by atoms with Gasteiger partial charge in [-0.25, -0.2) is 9.50 Å². The average molecular weight is 267 g/mol. The molecule has 0 fully saturated rings. The summed E-state index contributed by atoms with van der Waals surface area (Å²) < 4.78 is 1.86. The van der Waals surface area contributed by atoms with Crippen LogP contribution in [0.1, 0.15) is 31.2 Å². The van der Waals surface area contributed by atoms with E-state index in [0.717, 1.165) is 22.7 Å². The summed E-state index contributed by atoms with van der Waals surface area (Å²) in [7, 11) is 0. The fourth-order valence-electron chi connectivity index (χ4n) is 2.04. The maximum absolute atomic E-state index is 4.55. The van der Waals surface area contributed by atoms with Gasteiger partial charge in [0.25, 0.3) is 0 Å². The summed E-state index contributed by atoms with van der Waals surface area (Å²) in [5, 5.41) is 7.87. The van der Waals surface area contributed by atoms with E-state index in [1.807, 2.05) is 28.9 Å². The van der Waals surface area contributed by atoms with Crippen molar-refractivity contribution in [2.45, 2.75) is 26.3 Å². The fraction of sp³-hybridized carbons (Fsp3) is 0.267. The zero-order valence-corrected chi connectivity index (χ0v) is 11.6. The average Bonchev–Trinajstić information content (AvgIpc) is 2.91. The highest BCUT2D eigenvalue weighted by Gasteiger charge is 2.09. The first-order valence-corrected chi connectivity index (χ1v) is 6.72. The highest BCUT2D eigenvalue weighted by Crippen LogP contribution is 2.20. The van der Waals surface area contributed by atoms with E-state index in [1.54, 1.807) is 12.4 Å². The van der Waals surface area contributed by atoms with Crippen molar-refractivity contribution in [1.82, 2.24) is 19.6 Å². The van der Waals surface area contributed by atoms with Crippen molar-refractivity contribution in [3.63, 3.8) is 0 Å². The predicted octanol–water partition coefficient (Wildman–Crippen LogP) is 2.86. The molecule has 0 atom stereocenters. The maximum Gasteiger partial charge on any atom is 0.152 e. The Balaban J connectivity index is 1.87. The molecule has 20 heavy (non-hydrogen) atoms. The lowest BCUT2D eigenvalue weighted by Crippen LogP contribution is -2.04. The van der Waals surface area contributed by atoms with Gasteiger partial charge in [-0.15, -0.1) is 0 Å². The SMILES string of the molecule is CC(C)c1cc2c(NCc3ccccn3)nccn2n1. The summed E-state index contributed by atoms with van der Waals surface area (Å²) in [5.41, 5.74) is 3.05. The van der Waals surface area contributed by atoms with Gasteiger partial charge in [0.15, 0.2) is 5.82 Å². The molecule has 3 heterocycles. The quantitative estimate of drug-likeness (QED) is 0.789. The zero-order chi connectivity index (χ0) is 13.9. The number of anilines is 1. The molecule has 0 bridgehead atoms. The molecule has 0 saturated carbocycles. The summed E-state index contributed by atoms with van der Waals surface area (Å²) >= 11 is 0. The third-order valence-electron chi connectivity index (χ3n) is 3.16. The van der Waals surface area contributed by atoms with Crippen LogP contribution in [0.15, 0.2) is 42.9 Å². The van der Waals surface area contributed by atoms with E-state index in [-0.39, 0.29) is 0 Å². The number of nitrogens with zero attached hydrogens (tertiary/aromatic N) is 4. The Bertz CT molecular complexity index is 703. The third-order valence-corrected chi connectivity index (χ3v) is 3.16. The van der Waals surface area contributed by atoms with Crippen molar-refractivity contribution < 1.29 is 0 Å². The van der Waals surface area contributed by atoms with Crippen LogP contribution in [-0.2, 0) is 6.54 Å². The van der Waals surface area contributed by atoms with E-state index in [1.165, 1.54) is 0 Å². The van der Waals surface area contributed by atoms with E-state index < -0.39 is 0 Å². The van der Waals surface area contributed by atoms with E-state index in [2.05, 4.69) is 40.3 Å². The standard InChI is InChI=1S/C15H17N5/c1-11(2)13-9-14-15(17-7-8-20(14)19-13)18-10-12-5-3-4-6-16-12/h3-9,11H,10H2,1-2H3,(H,17,18). The molecule has 3 aromatic rings. The Labute approximate surface area is 117 Å². The van der Waals surface area contributed by atoms with Crippen LogP contribution in [0.5, 0.6) is 0 Å². The molecule has 0 aliphatic rings. The fourth-order valence-corrected chi connectivity index (χ4v) is 2.04. The molecule has 5 nitrogen and oxygen atoms in total. The summed E-state index contributed by atoms with van der Waals surface area (Å²) in [5.74, 6) is 1.23. The van der Waals surface area contributed by atoms with Gasteiger partial charge in [0.1, 0.15) is 5.52 Å². The van der Waals surface area contributed by atoms with Crippen LogP contribution in [0.25, 0.3) is 5.52 Å². The van der Waals surface area contributed by atoms with E-state index in [4.69, 9.17) is 0 Å².